The van der Waals surface area contributed by atoms with Crippen LogP contribution in [0.15, 0.2) is 0 Å². The van der Waals surface area contributed by atoms with E-state index in [1.54, 1.807) is 6.92 Å². The summed E-state index contributed by atoms with van der Waals surface area (Å²) in [6.45, 7) is 2.28. The Labute approximate surface area is 130 Å². The van der Waals surface area contributed by atoms with Gasteiger partial charge in [-0.15, -0.1) is 12.4 Å². The van der Waals surface area contributed by atoms with Crippen molar-refractivity contribution in [3.63, 3.8) is 0 Å². The van der Waals surface area contributed by atoms with Gasteiger partial charge in [-0.25, -0.2) is 4.79 Å². The first-order valence-corrected chi connectivity index (χ1v) is 7.12. The molecule has 1 spiro atoms. The van der Waals surface area contributed by atoms with E-state index in [1.807, 2.05) is 0 Å². The zero-order valence-electron chi connectivity index (χ0n) is 12.2. The minimum absolute atomic E-state index is 0. The van der Waals surface area contributed by atoms with Crippen molar-refractivity contribution in [2.75, 3.05) is 13.1 Å². The van der Waals surface area contributed by atoms with Crippen molar-refractivity contribution >= 4 is 30.3 Å². The lowest BCUT2D eigenvalue weighted by atomic mass is 9.98. The van der Waals surface area contributed by atoms with Crippen LogP contribution in [-0.4, -0.2) is 47.4 Å². The molecule has 1 saturated carbocycles. The van der Waals surface area contributed by atoms with Gasteiger partial charge in [-0.05, 0) is 19.8 Å². The maximum atomic E-state index is 12.3. The quantitative estimate of drug-likeness (QED) is 0.626. The standard InChI is InChI=1S/C13H22N4O3.ClH/c1-9(8-14)15-10(18)4-7-17-11(19)13(16-12(17)20)5-2-3-6-13;/h9H,2-8,14H2,1H3,(H,15,18)(H,16,20);1H/t9-;/m0./s1. The molecule has 2 rings (SSSR count). The van der Waals surface area contributed by atoms with Gasteiger partial charge < -0.3 is 16.4 Å². The summed E-state index contributed by atoms with van der Waals surface area (Å²) in [5.41, 5.74) is 4.72. The molecular formula is C13H23ClN4O3. The van der Waals surface area contributed by atoms with E-state index in [1.165, 1.54) is 0 Å². The fraction of sp³-hybridized carbons (Fsp3) is 0.769. The molecule has 120 valence electrons. The Kier molecular flexibility index (Phi) is 5.98. The average Bonchev–Trinajstić information content (AvgIpc) is 2.95. The minimum atomic E-state index is -0.696. The second-order valence-corrected chi connectivity index (χ2v) is 5.63. The first-order chi connectivity index (χ1) is 9.48. The Balaban J connectivity index is 0.00000220. The van der Waals surface area contributed by atoms with E-state index in [-0.39, 0.29) is 49.3 Å². The predicted molar refractivity (Wildman–Crippen MR) is 80.0 cm³/mol. The molecule has 1 aliphatic carbocycles. The maximum absolute atomic E-state index is 12.3. The monoisotopic (exact) mass is 318 g/mol. The molecule has 7 nitrogen and oxygen atoms in total. The van der Waals surface area contributed by atoms with Gasteiger partial charge in [0, 0.05) is 25.6 Å². The number of nitrogens with two attached hydrogens (primary N) is 1. The van der Waals surface area contributed by atoms with Gasteiger partial charge in [0.1, 0.15) is 5.54 Å². The number of rotatable bonds is 5. The van der Waals surface area contributed by atoms with Crippen LogP contribution in [0.25, 0.3) is 0 Å². The molecule has 1 aliphatic heterocycles. The van der Waals surface area contributed by atoms with E-state index in [0.29, 0.717) is 19.4 Å². The van der Waals surface area contributed by atoms with E-state index in [9.17, 15) is 14.4 Å². The van der Waals surface area contributed by atoms with Crippen molar-refractivity contribution in [1.29, 1.82) is 0 Å². The molecule has 21 heavy (non-hydrogen) atoms. The summed E-state index contributed by atoms with van der Waals surface area (Å²) in [7, 11) is 0. The summed E-state index contributed by atoms with van der Waals surface area (Å²) in [5, 5.41) is 5.50. The molecule has 0 aromatic carbocycles. The molecule has 1 heterocycles. The summed E-state index contributed by atoms with van der Waals surface area (Å²) in [6.07, 6.45) is 3.41. The summed E-state index contributed by atoms with van der Waals surface area (Å²) in [6, 6.07) is -0.483. The van der Waals surface area contributed by atoms with Crippen LogP contribution >= 0.6 is 12.4 Å². The van der Waals surface area contributed by atoms with Gasteiger partial charge in [-0.3, -0.25) is 14.5 Å². The van der Waals surface area contributed by atoms with Crippen molar-refractivity contribution in [2.45, 2.75) is 50.6 Å². The molecule has 2 fully saturated rings. The lowest BCUT2D eigenvalue weighted by Gasteiger charge is -2.20. The molecular weight excluding hydrogens is 296 g/mol. The Morgan fingerprint density at radius 3 is 2.62 bits per heavy atom. The minimum Gasteiger partial charge on any atom is -0.352 e. The number of halogens is 1. The predicted octanol–water partition coefficient (Wildman–Crippen LogP) is 0.126. The highest BCUT2D eigenvalue weighted by molar-refractivity contribution is 6.07. The number of urea groups is 1. The van der Waals surface area contributed by atoms with Gasteiger partial charge >= 0.3 is 6.03 Å². The van der Waals surface area contributed by atoms with E-state index in [0.717, 1.165) is 17.7 Å². The summed E-state index contributed by atoms with van der Waals surface area (Å²) in [5.74, 6) is -0.379. The molecule has 0 bridgehead atoms. The highest BCUT2D eigenvalue weighted by Crippen LogP contribution is 2.34. The molecule has 0 radical (unpaired) electrons. The Morgan fingerprint density at radius 1 is 1.43 bits per heavy atom. The van der Waals surface area contributed by atoms with E-state index >= 15 is 0 Å². The molecule has 0 aromatic rings. The number of nitrogens with one attached hydrogen (secondary N) is 2. The lowest BCUT2D eigenvalue weighted by Crippen LogP contribution is -2.44. The Bertz CT molecular complexity index is 424. The maximum Gasteiger partial charge on any atom is 0.325 e. The van der Waals surface area contributed by atoms with E-state index in [4.69, 9.17) is 5.73 Å². The van der Waals surface area contributed by atoms with Crippen LogP contribution in [0.5, 0.6) is 0 Å². The van der Waals surface area contributed by atoms with Crippen molar-refractivity contribution in [1.82, 2.24) is 15.5 Å². The van der Waals surface area contributed by atoms with Crippen molar-refractivity contribution < 1.29 is 14.4 Å². The molecule has 1 saturated heterocycles. The number of amides is 4. The molecule has 8 heteroatoms. The average molecular weight is 319 g/mol. The van der Waals surface area contributed by atoms with Crippen molar-refractivity contribution in [3.05, 3.63) is 0 Å². The first-order valence-electron chi connectivity index (χ1n) is 7.12. The third-order valence-electron chi connectivity index (χ3n) is 4.03. The zero-order chi connectivity index (χ0) is 14.8. The third kappa shape index (κ3) is 3.65. The fourth-order valence-electron chi connectivity index (χ4n) is 2.82. The van der Waals surface area contributed by atoms with Crippen LogP contribution in [-0.2, 0) is 9.59 Å². The second-order valence-electron chi connectivity index (χ2n) is 5.63. The van der Waals surface area contributed by atoms with Gasteiger partial charge in [-0.1, -0.05) is 12.8 Å². The topological polar surface area (TPSA) is 105 Å². The van der Waals surface area contributed by atoms with Crippen LogP contribution in [0, 0.1) is 0 Å². The van der Waals surface area contributed by atoms with Gasteiger partial charge in [0.2, 0.25) is 5.91 Å². The number of hydrogen-bond acceptors (Lipinski definition) is 4. The number of carbonyl (C=O) groups excluding carboxylic acids is 3. The molecule has 0 unspecified atom stereocenters. The summed E-state index contributed by atoms with van der Waals surface area (Å²) in [4.78, 5) is 37.0. The van der Waals surface area contributed by atoms with Gasteiger partial charge in [-0.2, -0.15) is 0 Å². The largest absolute Gasteiger partial charge is 0.352 e. The molecule has 4 N–H and O–H groups in total. The molecule has 4 amide bonds. The number of hydrogen-bond donors (Lipinski definition) is 3. The Morgan fingerprint density at radius 2 is 2.05 bits per heavy atom. The fourth-order valence-corrected chi connectivity index (χ4v) is 2.82. The third-order valence-corrected chi connectivity index (χ3v) is 4.03. The SMILES string of the molecule is C[C@@H](CN)NC(=O)CCN1C(=O)NC2(CCCC2)C1=O.Cl. The highest BCUT2D eigenvalue weighted by atomic mass is 35.5. The number of imide groups is 1. The van der Waals surface area contributed by atoms with Gasteiger partial charge in [0.15, 0.2) is 0 Å². The zero-order valence-corrected chi connectivity index (χ0v) is 13.0. The second kappa shape index (κ2) is 7.09. The van der Waals surface area contributed by atoms with Crippen LogP contribution in [0.3, 0.4) is 0 Å². The van der Waals surface area contributed by atoms with E-state index < -0.39 is 5.54 Å². The highest BCUT2D eigenvalue weighted by Gasteiger charge is 2.52. The normalized spacial score (nSPS) is 21.1. The van der Waals surface area contributed by atoms with Crippen molar-refractivity contribution in [2.24, 2.45) is 5.73 Å². The first kappa shape index (κ1) is 17.7. The van der Waals surface area contributed by atoms with Gasteiger partial charge in [0.05, 0.1) is 0 Å². The molecule has 0 aromatic heterocycles. The summed E-state index contributed by atoms with van der Waals surface area (Å²) < 4.78 is 0. The molecule has 2 aliphatic rings. The lowest BCUT2D eigenvalue weighted by molar-refractivity contribution is -0.131. The summed E-state index contributed by atoms with van der Waals surface area (Å²) >= 11 is 0. The van der Waals surface area contributed by atoms with Crippen LogP contribution in [0.4, 0.5) is 4.79 Å². The smallest absolute Gasteiger partial charge is 0.325 e. The number of nitrogens with zero attached hydrogens (tertiary/aromatic N) is 1. The van der Waals surface area contributed by atoms with Crippen LogP contribution in [0.2, 0.25) is 0 Å². The number of carbonyl (C=O) groups is 3. The van der Waals surface area contributed by atoms with Crippen LogP contribution < -0.4 is 16.4 Å². The Hall–Kier alpha value is -1.34. The van der Waals surface area contributed by atoms with Crippen molar-refractivity contribution in [3.8, 4) is 0 Å². The molecule has 1 atom stereocenters. The van der Waals surface area contributed by atoms with Crippen LogP contribution in [0.1, 0.15) is 39.0 Å². The van der Waals surface area contributed by atoms with Gasteiger partial charge in [0.25, 0.3) is 5.91 Å². The van der Waals surface area contributed by atoms with E-state index in [2.05, 4.69) is 10.6 Å².